The molecule has 134 heavy (non-hydrogen) atoms. The molecule has 4 atom stereocenters. The standard InChI is InChI=1S/2C33H42N8O6.C30H38N6O4/c1-19(2)41-28(22-13-8-5-9-14-22)26(21-11-6-4-7-12-21)27(29(41)32(47)39-23(30(34)45)16-17-25(43)44)40-31(46)24(38-20(3)42)15-10-18-37-33(35)36;1-19(2)41-28(22-13-8-5-9-14-22)26(21-11-6-4-7-12-21)27(40-31(46)24(38-20(3)42)16-17-25(43)44)29(41)32(47)39-23(30(34)45)15-10-18-37-33(35)36;1-20(2)36-27(22-14-7-4-8-15-22)25(21-12-5-3-6-13-21)26(28(36)29(40)33-19-11-17-24(38)39)35-23(37)16-9-10-18-34-30(31)32/h2*4-9,11-14,19,23-24H,10,15-18H2,1-3H3,(H2,34,45)(H,38,42)(H,39,47)(H,40,46)(H,43,44)(H4,35,36,37);3-8,12-15,20H,9-11,16-19H2,1-2H3,(H,33,40)(H,35,37)(H,38,39)(H4,31,32,34). The first kappa shape index (κ1) is 105. The molecular weight excluding hydrogens is 1720 g/mol. The molecule has 0 spiro atoms. The van der Waals surface area contributed by atoms with Crippen LogP contribution in [0.2, 0.25) is 0 Å². The monoisotopic (exact) mass is 1840 g/mol. The van der Waals surface area contributed by atoms with Crippen LogP contribution >= 0.6 is 0 Å². The molecule has 0 aliphatic heterocycles. The van der Waals surface area contributed by atoms with E-state index in [4.69, 9.17) is 51.0 Å². The number of hydrogen-bond acceptors (Lipinski definition) is 16. The Hall–Kier alpha value is -15.9. The molecule has 0 radical (unpaired) electrons. The Balaban J connectivity index is 0.000000275. The number of guanidine groups is 3. The number of carbonyl (C=O) groups is 13. The summed E-state index contributed by atoms with van der Waals surface area (Å²) in [4.78, 5) is 178. The maximum atomic E-state index is 14.3. The first-order valence-electron chi connectivity index (χ1n) is 43.8. The van der Waals surface area contributed by atoms with E-state index in [1.807, 2.05) is 228 Å². The highest BCUT2D eigenvalue weighted by atomic mass is 16.4. The predicted octanol–water partition coefficient (Wildman–Crippen LogP) is 9.08. The highest BCUT2D eigenvalue weighted by molar-refractivity contribution is 6.15. The molecule has 0 aliphatic carbocycles. The number of nitrogens with zero attached hydrogens (tertiary/aromatic N) is 6. The number of aliphatic carboxylic acids is 3. The van der Waals surface area contributed by atoms with Gasteiger partial charge in [0.1, 0.15) is 41.2 Å². The molecule has 3 aromatic heterocycles. The first-order valence-corrected chi connectivity index (χ1v) is 43.8. The molecule has 712 valence electrons. The lowest BCUT2D eigenvalue weighted by Crippen LogP contribution is -2.46. The largest absolute Gasteiger partial charge is 0.481 e. The summed E-state index contributed by atoms with van der Waals surface area (Å²) in [5, 5.41) is 49.7. The van der Waals surface area contributed by atoms with Crippen molar-refractivity contribution in [1.29, 1.82) is 0 Å². The lowest BCUT2D eigenvalue weighted by atomic mass is 9.99. The average Bonchev–Trinajstić information content (AvgIpc) is 1.60. The number of primary amides is 2. The van der Waals surface area contributed by atoms with E-state index in [-0.39, 0.29) is 142 Å². The van der Waals surface area contributed by atoms with Gasteiger partial charge in [-0.15, -0.1) is 0 Å². The molecule has 3 heterocycles. The maximum Gasteiger partial charge on any atom is 0.303 e. The van der Waals surface area contributed by atoms with Crippen molar-refractivity contribution in [1.82, 2.24) is 40.3 Å². The summed E-state index contributed by atoms with van der Waals surface area (Å²) in [6, 6.07) is 50.8. The Labute approximate surface area is 776 Å². The van der Waals surface area contributed by atoms with E-state index in [1.54, 1.807) is 9.13 Å². The molecule has 10 amide bonds. The molecule has 0 bridgehead atoms. The van der Waals surface area contributed by atoms with Gasteiger partial charge in [0.15, 0.2) is 17.9 Å². The summed E-state index contributed by atoms with van der Waals surface area (Å²) in [5.41, 5.74) is 53.0. The number of carboxylic acid groups (broad SMARTS) is 3. The smallest absolute Gasteiger partial charge is 0.303 e. The van der Waals surface area contributed by atoms with Gasteiger partial charge in [0, 0.05) is 101 Å². The van der Waals surface area contributed by atoms with Crippen molar-refractivity contribution in [3.63, 3.8) is 0 Å². The van der Waals surface area contributed by atoms with Gasteiger partial charge in [-0.05, 0) is 133 Å². The molecule has 6 aromatic carbocycles. The predicted molar refractivity (Wildman–Crippen MR) is 516 cm³/mol. The second-order valence-corrected chi connectivity index (χ2v) is 32.1. The second-order valence-electron chi connectivity index (χ2n) is 32.1. The summed E-state index contributed by atoms with van der Waals surface area (Å²) in [6.45, 7) is 15.0. The molecule has 4 unspecified atom stereocenters. The normalized spacial score (nSPS) is 11.7. The summed E-state index contributed by atoms with van der Waals surface area (Å²) < 4.78 is 5.47. The number of aliphatic imine (C=N–C) groups is 3. The van der Waals surface area contributed by atoms with Crippen LogP contribution in [-0.2, 0) is 47.9 Å². The van der Waals surface area contributed by atoms with Gasteiger partial charge in [0.25, 0.3) is 17.7 Å². The van der Waals surface area contributed by atoms with Crippen LogP contribution in [0.15, 0.2) is 197 Å². The van der Waals surface area contributed by atoms with Crippen molar-refractivity contribution in [2.45, 2.75) is 181 Å². The quantitative estimate of drug-likeness (QED) is 0.00960. The maximum absolute atomic E-state index is 14.3. The number of carboxylic acids is 3. The third-order valence-corrected chi connectivity index (χ3v) is 20.7. The molecule has 0 saturated carbocycles. The Morgan fingerprint density at radius 3 is 0.910 bits per heavy atom. The van der Waals surface area contributed by atoms with Crippen molar-refractivity contribution in [3.05, 3.63) is 199 Å². The Kier molecular flexibility index (Phi) is 40.8. The third-order valence-electron chi connectivity index (χ3n) is 20.7. The van der Waals surface area contributed by atoms with Crippen LogP contribution in [0.5, 0.6) is 0 Å². The fourth-order valence-electron chi connectivity index (χ4n) is 15.0. The highest BCUT2D eigenvalue weighted by Gasteiger charge is 2.38. The zero-order valence-corrected chi connectivity index (χ0v) is 76.3. The second kappa shape index (κ2) is 52.1. The summed E-state index contributed by atoms with van der Waals surface area (Å²) >= 11 is 0. The Morgan fingerprint density at radius 1 is 0.321 bits per heavy atom. The van der Waals surface area contributed by atoms with E-state index in [2.05, 4.69) is 57.5 Å². The average molecular weight is 1840 g/mol. The van der Waals surface area contributed by atoms with Crippen LogP contribution in [0.3, 0.4) is 0 Å². The molecule has 9 aromatic rings. The number of rotatable bonds is 46. The number of hydrogen-bond donors (Lipinski definition) is 19. The van der Waals surface area contributed by atoms with E-state index in [0.29, 0.717) is 77.3 Å². The van der Waals surface area contributed by atoms with Gasteiger partial charge in [-0.25, -0.2) is 0 Å². The van der Waals surface area contributed by atoms with E-state index < -0.39 is 95.8 Å². The molecule has 0 aliphatic rings. The zero-order valence-electron chi connectivity index (χ0n) is 76.3. The van der Waals surface area contributed by atoms with Gasteiger partial charge in [-0.2, -0.15) is 0 Å². The summed E-state index contributed by atoms with van der Waals surface area (Å²) in [5.74, 6) is -9.50. The van der Waals surface area contributed by atoms with Gasteiger partial charge in [0.2, 0.25) is 41.4 Å². The van der Waals surface area contributed by atoms with Gasteiger partial charge in [-0.3, -0.25) is 77.3 Å². The molecule has 38 nitrogen and oxygen atoms in total. The van der Waals surface area contributed by atoms with Crippen molar-refractivity contribution < 1.29 is 77.6 Å². The molecule has 27 N–H and O–H groups in total. The van der Waals surface area contributed by atoms with Crippen LogP contribution < -0.4 is 88.4 Å². The minimum atomic E-state index is -1.30. The van der Waals surface area contributed by atoms with Crippen LogP contribution in [0.1, 0.15) is 188 Å². The van der Waals surface area contributed by atoms with Gasteiger partial charge >= 0.3 is 17.9 Å². The molecular formula is C96H122N22O16. The molecule has 0 fully saturated rings. The topological polar surface area (TPSA) is 639 Å². The fourth-order valence-corrected chi connectivity index (χ4v) is 15.0. The van der Waals surface area contributed by atoms with Gasteiger partial charge < -0.3 is 117 Å². The van der Waals surface area contributed by atoms with Gasteiger partial charge in [0.05, 0.1) is 34.1 Å². The van der Waals surface area contributed by atoms with Crippen molar-refractivity contribution in [2.24, 2.45) is 60.8 Å². The number of benzene rings is 6. The van der Waals surface area contributed by atoms with Gasteiger partial charge in [-0.1, -0.05) is 182 Å². The molecule has 0 saturated heterocycles. The number of amides is 10. The summed E-state index contributed by atoms with van der Waals surface area (Å²) in [6.07, 6.45) is 1.44. The summed E-state index contributed by atoms with van der Waals surface area (Å²) in [7, 11) is 0. The zero-order chi connectivity index (χ0) is 98.4. The lowest BCUT2D eigenvalue weighted by Gasteiger charge is -2.21. The van der Waals surface area contributed by atoms with E-state index >= 15 is 0 Å². The number of nitrogens with two attached hydrogens (primary N) is 8. The van der Waals surface area contributed by atoms with E-state index in [9.17, 15) is 72.5 Å². The Morgan fingerprint density at radius 2 is 0.604 bits per heavy atom. The van der Waals surface area contributed by atoms with E-state index in [1.165, 1.54) is 13.8 Å². The third kappa shape index (κ3) is 30.9. The fraction of sp³-hybridized carbons (Fsp3) is 0.333. The molecule has 38 heteroatoms. The number of carbonyl (C=O) groups excluding carboxylic acids is 10. The number of anilines is 3. The van der Waals surface area contributed by atoms with Crippen molar-refractivity contribution >= 4 is 112 Å². The highest BCUT2D eigenvalue weighted by Crippen LogP contribution is 2.48. The van der Waals surface area contributed by atoms with Crippen LogP contribution in [0, 0.1) is 0 Å². The van der Waals surface area contributed by atoms with Crippen LogP contribution in [-0.4, -0.2) is 174 Å². The minimum absolute atomic E-state index is 0.00899. The minimum Gasteiger partial charge on any atom is -0.481 e. The number of aromatic nitrogens is 3. The van der Waals surface area contributed by atoms with Crippen molar-refractivity contribution in [3.8, 4) is 67.2 Å². The van der Waals surface area contributed by atoms with E-state index in [0.717, 1.165) is 33.5 Å². The first-order chi connectivity index (χ1) is 63.8. The number of nitrogens with one attached hydrogen (secondary N) is 8. The van der Waals surface area contributed by atoms with Crippen LogP contribution in [0.4, 0.5) is 17.1 Å². The SMILES string of the molecule is CC(=O)NC(CCC(=O)O)C(=O)Nc1c(-c2ccccc2)c(-c2ccccc2)n(C(C)C)c1C(=O)NC(CCCN=C(N)N)C(N)=O.CC(=O)NC(CCCN=C(N)N)C(=O)Nc1c(-c2ccccc2)c(-c2ccccc2)n(C(C)C)c1C(=O)NC(CCC(=O)O)C(N)=O.CC(C)n1c(C(=O)NCCCC(=O)O)c(NC(=O)CCCCN=C(N)N)c(-c2ccccc2)c1-c1ccccc1. The lowest BCUT2D eigenvalue weighted by molar-refractivity contribution is -0.138. The molecule has 9 rings (SSSR count). The Bertz CT molecular complexity index is 5610. The number of unbranched alkanes of at least 4 members (excludes halogenated alkanes) is 1. The van der Waals surface area contributed by atoms with Crippen molar-refractivity contribution in [2.75, 3.05) is 42.1 Å². The van der Waals surface area contributed by atoms with Crippen LogP contribution in [0.25, 0.3) is 67.2 Å².